The van der Waals surface area contributed by atoms with Crippen LogP contribution in [0.25, 0.3) is 10.8 Å². The SMILES string of the molecule is O=C(c1cccc2ccccc12)N(CCCl)CCCl. The number of halogens is 2. The molecule has 0 atom stereocenters. The summed E-state index contributed by atoms with van der Waals surface area (Å²) in [6.45, 7) is 1.02. The first-order chi connectivity index (χ1) is 9.27. The van der Waals surface area contributed by atoms with Gasteiger partial charge in [0.2, 0.25) is 0 Å². The van der Waals surface area contributed by atoms with Gasteiger partial charge in [-0.3, -0.25) is 4.79 Å². The minimum atomic E-state index is -0.0156. The molecular weight excluding hydrogens is 281 g/mol. The molecule has 0 saturated heterocycles. The van der Waals surface area contributed by atoms with E-state index >= 15 is 0 Å². The van der Waals surface area contributed by atoms with Crippen molar-refractivity contribution in [2.24, 2.45) is 0 Å². The van der Waals surface area contributed by atoms with E-state index in [0.29, 0.717) is 30.4 Å². The standard InChI is InChI=1S/C15H15Cl2NO/c16-8-10-18(11-9-17)15(19)14-7-3-5-12-4-1-2-6-13(12)14/h1-7H,8-11H2. The molecule has 1 amide bonds. The molecule has 0 radical (unpaired) electrons. The van der Waals surface area contributed by atoms with Gasteiger partial charge in [0.15, 0.2) is 0 Å². The molecule has 0 aliphatic carbocycles. The molecule has 19 heavy (non-hydrogen) atoms. The van der Waals surface area contributed by atoms with E-state index in [2.05, 4.69) is 0 Å². The fourth-order valence-electron chi connectivity index (χ4n) is 2.10. The second kappa shape index (κ2) is 6.78. The van der Waals surface area contributed by atoms with Crippen molar-refractivity contribution in [1.29, 1.82) is 0 Å². The van der Waals surface area contributed by atoms with Crippen molar-refractivity contribution < 1.29 is 4.79 Å². The summed E-state index contributed by atoms with van der Waals surface area (Å²) < 4.78 is 0. The molecule has 0 N–H and O–H groups in total. The minimum absolute atomic E-state index is 0.0156. The Balaban J connectivity index is 2.39. The number of hydrogen-bond donors (Lipinski definition) is 0. The highest BCUT2D eigenvalue weighted by atomic mass is 35.5. The van der Waals surface area contributed by atoms with Crippen LogP contribution in [0.15, 0.2) is 42.5 Å². The predicted octanol–water partition coefficient (Wildman–Crippen LogP) is 3.76. The molecule has 2 rings (SSSR count). The molecular formula is C15H15Cl2NO. The van der Waals surface area contributed by atoms with Gasteiger partial charge in [-0.2, -0.15) is 0 Å². The summed E-state index contributed by atoms with van der Waals surface area (Å²) in [4.78, 5) is 14.2. The molecule has 0 fully saturated rings. The molecule has 0 heterocycles. The van der Waals surface area contributed by atoms with Crippen LogP contribution in [0.4, 0.5) is 0 Å². The zero-order valence-corrected chi connectivity index (χ0v) is 12.0. The normalized spacial score (nSPS) is 10.6. The van der Waals surface area contributed by atoms with Crippen LogP contribution in [-0.2, 0) is 0 Å². The van der Waals surface area contributed by atoms with E-state index in [-0.39, 0.29) is 5.91 Å². The number of alkyl halides is 2. The third kappa shape index (κ3) is 3.20. The molecule has 2 nitrogen and oxygen atoms in total. The predicted molar refractivity (Wildman–Crippen MR) is 81.3 cm³/mol. The maximum Gasteiger partial charge on any atom is 0.254 e. The molecule has 0 bridgehead atoms. The van der Waals surface area contributed by atoms with Crippen LogP contribution >= 0.6 is 23.2 Å². The maximum atomic E-state index is 12.5. The lowest BCUT2D eigenvalue weighted by Gasteiger charge is -2.21. The van der Waals surface area contributed by atoms with E-state index in [1.807, 2.05) is 42.5 Å². The summed E-state index contributed by atoms with van der Waals surface area (Å²) in [5.41, 5.74) is 0.702. The molecule has 100 valence electrons. The number of nitrogens with zero attached hydrogens (tertiary/aromatic N) is 1. The second-order valence-corrected chi connectivity index (χ2v) is 4.95. The molecule has 0 aliphatic heterocycles. The molecule has 0 unspecified atom stereocenters. The smallest absolute Gasteiger partial charge is 0.254 e. The van der Waals surface area contributed by atoms with Crippen LogP contribution in [0.1, 0.15) is 10.4 Å². The van der Waals surface area contributed by atoms with Crippen molar-refractivity contribution in [1.82, 2.24) is 4.90 Å². The van der Waals surface area contributed by atoms with Crippen LogP contribution in [-0.4, -0.2) is 35.7 Å². The van der Waals surface area contributed by atoms with Gasteiger partial charge in [0.25, 0.3) is 5.91 Å². The highest BCUT2D eigenvalue weighted by Gasteiger charge is 2.16. The molecule has 2 aromatic rings. The summed E-state index contributed by atoms with van der Waals surface area (Å²) in [5.74, 6) is 0.805. The van der Waals surface area contributed by atoms with Crippen LogP contribution in [0, 0.1) is 0 Å². The van der Waals surface area contributed by atoms with Gasteiger partial charge < -0.3 is 4.90 Å². The van der Waals surface area contributed by atoms with E-state index in [9.17, 15) is 4.79 Å². The number of rotatable bonds is 5. The number of fused-ring (bicyclic) bond motifs is 1. The van der Waals surface area contributed by atoms with Gasteiger partial charge in [-0.15, -0.1) is 23.2 Å². The molecule has 2 aromatic carbocycles. The van der Waals surface area contributed by atoms with Crippen LogP contribution in [0.5, 0.6) is 0 Å². The number of amides is 1. The number of hydrogen-bond acceptors (Lipinski definition) is 1. The van der Waals surface area contributed by atoms with Gasteiger partial charge in [0.1, 0.15) is 0 Å². The quantitative estimate of drug-likeness (QED) is 0.769. The largest absolute Gasteiger partial charge is 0.336 e. The highest BCUT2D eigenvalue weighted by molar-refractivity contribution is 6.19. The molecule has 0 aliphatic rings. The lowest BCUT2D eigenvalue weighted by molar-refractivity contribution is 0.0777. The van der Waals surface area contributed by atoms with Gasteiger partial charge in [0.05, 0.1) is 0 Å². The Labute approximate surface area is 122 Å². The van der Waals surface area contributed by atoms with Crippen molar-refractivity contribution in [3.8, 4) is 0 Å². The number of carbonyl (C=O) groups excluding carboxylic acids is 1. The summed E-state index contributed by atoms with van der Waals surface area (Å²) in [6, 6.07) is 13.6. The highest BCUT2D eigenvalue weighted by Crippen LogP contribution is 2.20. The molecule has 0 saturated carbocycles. The van der Waals surface area contributed by atoms with Crippen LogP contribution < -0.4 is 0 Å². The summed E-state index contributed by atoms with van der Waals surface area (Å²) in [7, 11) is 0. The fourth-order valence-corrected chi connectivity index (χ4v) is 2.51. The zero-order chi connectivity index (χ0) is 13.7. The molecule has 0 spiro atoms. The van der Waals surface area contributed by atoms with Crippen molar-refractivity contribution >= 4 is 39.9 Å². The summed E-state index contributed by atoms with van der Waals surface area (Å²) in [5, 5.41) is 2.02. The Bertz CT molecular complexity index is 560. The van der Waals surface area contributed by atoms with E-state index in [0.717, 1.165) is 10.8 Å². The van der Waals surface area contributed by atoms with Gasteiger partial charge in [-0.05, 0) is 16.8 Å². The van der Waals surface area contributed by atoms with Gasteiger partial charge in [-0.25, -0.2) is 0 Å². The van der Waals surface area contributed by atoms with E-state index in [1.54, 1.807) is 4.90 Å². The first kappa shape index (κ1) is 14.2. The monoisotopic (exact) mass is 295 g/mol. The average molecular weight is 296 g/mol. The Morgan fingerprint density at radius 2 is 1.58 bits per heavy atom. The maximum absolute atomic E-state index is 12.5. The van der Waals surface area contributed by atoms with Crippen molar-refractivity contribution in [2.75, 3.05) is 24.8 Å². The van der Waals surface area contributed by atoms with Gasteiger partial charge in [0, 0.05) is 30.4 Å². The van der Waals surface area contributed by atoms with Crippen molar-refractivity contribution in [3.05, 3.63) is 48.0 Å². The Kier molecular flexibility index (Phi) is 5.06. The third-order valence-corrected chi connectivity index (χ3v) is 3.35. The molecule has 0 aromatic heterocycles. The Hall–Kier alpha value is -1.25. The lowest BCUT2D eigenvalue weighted by atomic mass is 10.0. The van der Waals surface area contributed by atoms with E-state index in [4.69, 9.17) is 23.2 Å². The van der Waals surface area contributed by atoms with Crippen molar-refractivity contribution in [3.63, 3.8) is 0 Å². The zero-order valence-electron chi connectivity index (χ0n) is 10.5. The fraction of sp³-hybridized carbons (Fsp3) is 0.267. The third-order valence-electron chi connectivity index (χ3n) is 3.02. The number of benzene rings is 2. The Morgan fingerprint density at radius 1 is 0.947 bits per heavy atom. The minimum Gasteiger partial charge on any atom is -0.336 e. The first-order valence-corrected chi connectivity index (χ1v) is 7.24. The summed E-state index contributed by atoms with van der Waals surface area (Å²) >= 11 is 11.5. The topological polar surface area (TPSA) is 20.3 Å². The second-order valence-electron chi connectivity index (χ2n) is 4.20. The first-order valence-electron chi connectivity index (χ1n) is 6.17. The Morgan fingerprint density at radius 3 is 2.26 bits per heavy atom. The summed E-state index contributed by atoms with van der Waals surface area (Å²) in [6.07, 6.45) is 0. The van der Waals surface area contributed by atoms with Gasteiger partial charge >= 0.3 is 0 Å². The lowest BCUT2D eigenvalue weighted by Crippen LogP contribution is -2.34. The van der Waals surface area contributed by atoms with Crippen LogP contribution in [0.2, 0.25) is 0 Å². The van der Waals surface area contributed by atoms with Crippen LogP contribution in [0.3, 0.4) is 0 Å². The van der Waals surface area contributed by atoms with Gasteiger partial charge in [-0.1, -0.05) is 36.4 Å². The van der Waals surface area contributed by atoms with E-state index < -0.39 is 0 Å². The number of carbonyl (C=O) groups is 1. The molecule has 4 heteroatoms. The average Bonchev–Trinajstić information content (AvgIpc) is 2.46. The van der Waals surface area contributed by atoms with E-state index in [1.165, 1.54) is 0 Å². The van der Waals surface area contributed by atoms with Crippen molar-refractivity contribution in [2.45, 2.75) is 0 Å².